The first-order chi connectivity index (χ1) is 9.19. The van der Waals surface area contributed by atoms with Crippen LogP contribution in [0, 0.1) is 0 Å². The highest BCUT2D eigenvalue weighted by atomic mass is 16.5. The maximum absolute atomic E-state index is 11.7. The van der Waals surface area contributed by atoms with Gasteiger partial charge in [0, 0.05) is 6.21 Å². The smallest absolute Gasteiger partial charge is 0.345 e. The van der Waals surface area contributed by atoms with Gasteiger partial charge in [0.05, 0.1) is 20.3 Å². The average molecular weight is 262 g/mol. The molecular formula is C14H18N2O3. The van der Waals surface area contributed by atoms with Crippen molar-refractivity contribution in [1.82, 2.24) is 0 Å². The van der Waals surface area contributed by atoms with E-state index < -0.39 is 5.97 Å². The number of esters is 1. The van der Waals surface area contributed by atoms with Gasteiger partial charge in [0.1, 0.15) is 5.57 Å². The van der Waals surface area contributed by atoms with Crippen molar-refractivity contribution in [3.8, 4) is 0 Å². The molecule has 0 heterocycles. The first-order valence-electron chi connectivity index (χ1n) is 5.93. The normalized spacial score (nSPS) is 12.1. The number of ether oxygens (including phenoxy) is 2. The summed E-state index contributed by atoms with van der Waals surface area (Å²) in [5, 5.41) is 0. The lowest BCUT2D eigenvalue weighted by molar-refractivity contribution is -0.138. The molecule has 0 radical (unpaired) electrons. The molecule has 0 atom stereocenters. The Morgan fingerprint density at radius 1 is 1.37 bits per heavy atom. The lowest BCUT2D eigenvalue weighted by Gasteiger charge is -2.05. The summed E-state index contributed by atoms with van der Waals surface area (Å²) in [7, 11) is 1.39. The van der Waals surface area contributed by atoms with Crippen LogP contribution in [0.3, 0.4) is 0 Å². The zero-order valence-electron chi connectivity index (χ0n) is 11.1. The van der Waals surface area contributed by atoms with Crippen molar-refractivity contribution < 1.29 is 14.3 Å². The van der Waals surface area contributed by atoms with Gasteiger partial charge in [-0.25, -0.2) is 4.79 Å². The average Bonchev–Trinajstić information content (AvgIpc) is 2.44. The zero-order valence-corrected chi connectivity index (χ0v) is 11.1. The highest BCUT2D eigenvalue weighted by molar-refractivity contribution is 6.09. The third kappa shape index (κ3) is 4.83. The molecule has 0 bridgehead atoms. The molecule has 0 spiro atoms. The van der Waals surface area contributed by atoms with Crippen LogP contribution in [-0.4, -0.2) is 25.9 Å². The highest BCUT2D eigenvalue weighted by Crippen LogP contribution is 2.04. The van der Waals surface area contributed by atoms with Gasteiger partial charge in [0.15, 0.2) is 5.88 Å². The van der Waals surface area contributed by atoms with E-state index in [1.165, 1.54) is 13.3 Å². The van der Waals surface area contributed by atoms with Gasteiger partial charge in [-0.05, 0) is 12.5 Å². The standard InChI is InChI=1S/C14H18N2O3/c1-3-19-14(17)12(13(15)18-2)10-16-9-11-7-5-4-6-8-11/h4-8,10H,3,9,15H2,1-2H3. The molecule has 5 heteroatoms. The monoisotopic (exact) mass is 262 g/mol. The predicted octanol–water partition coefficient (Wildman–Crippen LogP) is 1.64. The number of methoxy groups -OCH3 is 1. The predicted molar refractivity (Wildman–Crippen MR) is 73.5 cm³/mol. The Morgan fingerprint density at radius 2 is 2.05 bits per heavy atom. The van der Waals surface area contributed by atoms with Crippen molar-refractivity contribution in [2.45, 2.75) is 13.5 Å². The van der Waals surface area contributed by atoms with Gasteiger partial charge in [0.2, 0.25) is 0 Å². The molecule has 0 aliphatic rings. The Labute approximate surface area is 112 Å². The Hall–Kier alpha value is -2.30. The first-order valence-corrected chi connectivity index (χ1v) is 5.93. The molecule has 0 aliphatic carbocycles. The minimum Gasteiger partial charge on any atom is -0.482 e. The molecule has 0 aliphatic heterocycles. The number of benzene rings is 1. The number of carbonyl (C=O) groups is 1. The summed E-state index contributed by atoms with van der Waals surface area (Å²) < 4.78 is 9.73. The van der Waals surface area contributed by atoms with Gasteiger partial charge in [-0.2, -0.15) is 0 Å². The molecule has 1 aromatic rings. The van der Waals surface area contributed by atoms with Crippen LogP contribution in [-0.2, 0) is 20.8 Å². The van der Waals surface area contributed by atoms with Crippen molar-refractivity contribution in [3.05, 3.63) is 47.4 Å². The van der Waals surface area contributed by atoms with Crippen LogP contribution in [0.5, 0.6) is 0 Å². The molecule has 0 saturated heterocycles. The van der Waals surface area contributed by atoms with Gasteiger partial charge < -0.3 is 15.2 Å². The number of nitrogens with two attached hydrogens (primary N) is 1. The molecule has 0 saturated carbocycles. The SMILES string of the molecule is CCOC(=O)C(C=NCc1ccccc1)=C(N)OC. The van der Waals surface area contributed by atoms with E-state index in [-0.39, 0.29) is 18.1 Å². The third-order valence-corrected chi connectivity index (χ3v) is 2.32. The summed E-state index contributed by atoms with van der Waals surface area (Å²) in [6, 6.07) is 9.68. The highest BCUT2D eigenvalue weighted by Gasteiger charge is 2.13. The molecular weight excluding hydrogens is 244 g/mol. The molecule has 19 heavy (non-hydrogen) atoms. The van der Waals surface area contributed by atoms with E-state index in [9.17, 15) is 4.79 Å². The number of nitrogens with zero attached hydrogens (tertiary/aromatic N) is 1. The fourth-order valence-electron chi connectivity index (χ4n) is 1.36. The molecule has 5 nitrogen and oxygen atoms in total. The van der Waals surface area contributed by atoms with Crippen molar-refractivity contribution in [2.75, 3.05) is 13.7 Å². The number of hydrogen-bond donors (Lipinski definition) is 1. The molecule has 1 aromatic carbocycles. The molecule has 0 fully saturated rings. The van der Waals surface area contributed by atoms with Crippen LogP contribution in [0.2, 0.25) is 0 Å². The van der Waals surface area contributed by atoms with Gasteiger partial charge in [-0.1, -0.05) is 30.3 Å². The Morgan fingerprint density at radius 3 is 2.63 bits per heavy atom. The second-order valence-corrected chi connectivity index (χ2v) is 3.66. The quantitative estimate of drug-likeness (QED) is 0.366. The van der Waals surface area contributed by atoms with Gasteiger partial charge in [0.25, 0.3) is 0 Å². The van der Waals surface area contributed by atoms with Gasteiger partial charge in [-0.3, -0.25) is 4.99 Å². The van der Waals surface area contributed by atoms with Crippen LogP contribution in [0.25, 0.3) is 0 Å². The van der Waals surface area contributed by atoms with Crippen LogP contribution in [0.1, 0.15) is 12.5 Å². The van der Waals surface area contributed by atoms with Crippen molar-refractivity contribution in [1.29, 1.82) is 0 Å². The van der Waals surface area contributed by atoms with Gasteiger partial charge in [-0.15, -0.1) is 0 Å². The topological polar surface area (TPSA) is 73.9 Å². The summed E-state index contributed by atoms with van der Waals surface area (Å²) in [5.41, 5.74) is 6.76. The van der Waals surface area contributed by atoms with Crippen LogP contribution in [0.15, 0.2) is 46.8 Å². The second kappa shape index (κ2) is 7.92. The largest absolute Gasteiger partial charge is 0.482 e. The zero-order chi connectivity index (χ0) is 14.1. The lowest BCUT2D eigenvalue weighted by atomic mass is 10.2. The van der Waals surface area contributed by atoms with Crippen LogP contribution >= 0.6 is 0 Å². The Bertz CT molecular complexity index is 467. The summed E-state index contributed by atoms with van der Waals surface area (Å²) in [4.78, 5) is 15.8. The summed E-state index contributed by atoms with van der Waals surface area (Å²) >= 11 is 0. The molecule has 2 N–H and O–H groups in total. The third-order valence-electron chi connectivity index (χ3n) is 2.32. The molecule has 102 valence electrons. The minimum absolute atomic E-state index is 0.00439. The van der Waals surface area contributed by atoms with Crippen molar-refractivity contribution >= 4 is 12.2 Å². The van der Waals surface area contributed by atoms with E-state index in [0.29, 0.717) is 6.54 Å². The van der Waals surface area contributed by atoms with Gasteiger partial charge >= 0.3 is 5.97 Å². The lowest BCUT2D eigenvalue weighted by Crippen LogP contribution is -2.16. The second-order valence-electron chi connectivity index (χ2n) is 3.66. The number of hydrogen-bond acceptors (Lipinski definition) is 5. The fourth-order valence-corrected chi connectivity index (χ4v) is 1.36. The Balaban J connectivity index is 2.76. The van der Waals surface area contributed by atoms with E-state index in [4.69, 9.17) is 15.2 Å². The number of rotatable bonds is 6. The summed E-state index contributed by atoms with van der Waals surface area (Å²) in [6.07, 6.45) is 1.38. The van der Waals surface area contributed by atoms with E-state index in [0.717, 1.165) is 5.56 Å². The molecule has 0 amide bonds. The van der Waals surface area contributed by atoms with E-state index in [1.54, 1.807) is 6.92 Å². The summed E-state index contributed by atoms with van der Waals surface area (Å²) in [6.45, 7) is 2.45. The van der Waals surface area contributed by atoms with Crippen molar-refractivity contribution in [3.63, 3.8) is 0 Å². The first kappa shape index (κ1) is 14.8. The molecule has 0 aromatic heterocycles. The van der Waals surface area contributed by atoms with E-state index in [1.807, 2.05) is 30.3 Å². The van der Waals surface area contributed by atoms with E-state index >= 15 is 0 Å². The van der Waals surface area contributed by atoms with Crippen molar-refractivity contribution in [2.24, 2.45) is 10.7 Å². The maximum Gasteiger partial charge on any atom is 0.345 e. The maximum atomic E-state index is 11.7. The minimum atomic E-state index is -0.543. The molecule has 0 unspecified atom stereocenters. The molecule has 1 rings (SSSR count). The number of aliphatic imine (C=N–C) groups is 1. The van der Waals surface area contributed by atoms with E-state index in [2.05, 4.69) is 4.99 Å². The fraction of sp³-hybridized carbons (Fsp3) is 0.286. The van der Waals surface area contributed by atoms with Crippen LogP contribution in [0.4, 0.5) is 0 Å². The number of carbonyl (C=O) groups excluding carboxylic acids is 1. The Kier molecular flexibility index (Phi) is 6.15. The summed E-state index contributed by atoms with van der Waals surface area (Å²) in [5.74, 6) is -0.547. The van der Waals surface area contributed by atoms with Crippen LogP contribution < -0.4 is 5.73 Å².